The normalized spacial score (nSPS) is 18.2. The number of ether oxygens (including phenoxy) is 1. The summed E-state index contributed by atoms with van der Waals surface area (Å²) in [5.74, 6) is 0.974. The molecule has 0 radical (unpaired) electrons. The van der Waals surface area contributed by atoms with E-state index in [9.17, 15) is 14.0 Å². The van der Waals surface area contributed by atoms with E-state index < -0.39 is 0 Å². The van der Waals surface area contributed by atoms with Crippen LogP contribution in [0.25, 0.3) is 0 Å². The lowest BCUT2D eigenvalue weighted by Crippen LogP contribution is -2.51. The van der Waals surface area contributed by atoms with Crippen LogP contribution in [0.1, 0.15) is 38.5 Å². The van der Waals surface area contributed by atoms with Gasteiger partial charge in [0.25, 0.3) is 5.91 Å². The summed E-state index contributed by atoms with van der Waals surface area (Å²) >= 11 is 0. The first-order valence-electron chi connectivity index (χ1n) is 9.56. The number of nitrogens with zero attached hydrogens (tertiary/aromatic N) is 2. The molecule has 2 aliphatic rings. The Kier molecular flexibility index (Phi) is 6.47. The summed E-state index contributed by atoms with van der Waals surface area (Å²) in [5.41, 5.74) is 0. The summed E-state index contributed by atoms with van der Waals surface area (Å²) in [5, 5.41) is 0. The number of hydrogen-bond acceptors (Lipinski definition) is 3. The minimum Gasteiger partial charge on any atom is -0.484 e. The van der Waals surface area contributed by atoms with E-state index in [0.717, 1.165) is 12.3 Å². The lowest BCUT2D eigenvalue weighted by atomic mass is 10.0. The minimum atomic E-state index is -0.336. The van der Waals surface area contributed by atoms with Gasteiger partial charge in [-0.05, 0) is 36.6 Å². The molecule has 3 rings (SSSR count). The van der Waals surface area contributed by atoms with E-state index in [4.69, 9.17) is 4.74 Å². The van der Waals surface area contributed by atoms with Crippen LogP contribution in [-0.2, 0) is 9.59 Å². The minimum absolute atomic E-state index is 0.0682. The molecule has 2 fully saturated rings. The van der Waals surface area contributed by atoms with Crippen molar-refractivity contribution in [3.05, 3.63) is 30.1 Å². The highest BCUT2D eigenvalue weighted by Gasteiger charge is 2.25. The first kappa shape index (κ1) is 18.7. The Morgan fingerprint density at radius 3 is 2.15 bits per heavy atom. The van der Waals surface area contributed by atoms with Gasteiger partial charge >= 0.3 is 0 Å². The monoisotopic (exact) mass is 362 g/mol. The second-order valence-corrected chi connectivity index (χ2v) is 7.19. The molecule has 1 aliphatic heterocycles. The van der Waals surface area contributed by atoms with Gasteiger partial charge in [-0.15, -0.1) is 0 Å². The summed E-state index contributed by atoms with van der Waals surface area (Å²) in [6.07, 6.45) is 6.78. The standard InChI is InChI=1S/C20H27FN2O3/c21-17-6-8-18(9-7-17)26-15-20(25)23-13-11-22(12-14-23)19(24)10-5-16-3-1-2-4-16/h6-9,16H,1-5,10-15H2. The van der Waals surface area contributed by atoms with Gasteiger partial charge in [0.15, 0.2) is 6.61 Å². The molecule has 6 heteroatoms. The fourth-order valence-electron chi connectivity index (χ4n) is 3.76. The van der Waals surface area contributed by atoms with Gasteiger partial charge in [0.1, 0.15) is 11.6 Å². The lowest BCUT2D eigenvalue weighted by Gasteiger charge is -2.35. The first-order valence-corrected chi connectivity index (χ1v) is 9.56. The van der Waals surface area contributed by atoms with Gasteiger partial charge in [-0.3, -0.25) is 9.59 Å². The van der Waals surface area contributed by atoms with Gasteiger partial charge in [0.2, 0.25) is 5.91 Å². The van der Waals surface area contributed by atoms with Gasteiger partial charge in [0.05, 0.1) is 0 Å². The van der Waals surface area contributed by atoms with Crippen LogP contribution in [0.5, 0.6) is 5.75 Å². The zero-order valence-corrected chi connectivity index (χ0v) is 15.2. The van der Waals surface area contributed by atoms with Crippen molar-refractivity contribution in [1.29, 1.82) is 0 Å². The van der Waals surface area contributed by atoms with Crippen LogP contribution in [-0.4, -0.2) is 54.4 Å². The number of amides is 2. The van der Waals surface area contributed by atoms with Gasteiger partial charge < -0.3 is 14.5 Å². The molecule has 1 aromatic rings. The highest BCUT2D eigenvalue weighted by molar-refractivity contribution is 5.79. The zero-order valence-electron chi connectivity index (χ0n) is 15.2. The summed E-state index contributed by atoms with van der Waals surface area (Å²) in [7, 11) is 0. The summed E-state index contributed by atoms with van der Waals surface area (Å²) in [6.45, 7) is 2.19. The van der Waals surface area contributed by atoms with Crippen LogP contribution in [0.2, 0.25) is 0 Å². The first-order chi connectivity index (χ1) is 12.6. The Morgan fingerprint density at radius 1 is 0.962 bits per heavy atom. The van der Waals surface area contributed by atoms with Crippen molar-refractivity contribution in [3.63, 3.8) is 0 Å². The second kappa shape index (κ2) is 9.01. The van der Waals surface area contributed by atoms with Crippen LogP contribution >= 0.6 is 0 Å². The molecule has 142 valence electrons. The molecule has 5 nitrogen and oxygen atoms in total. The predicted molar refractivity (Wildman–Crippen MR) is 96.2 cm³/mol. The van der Waals surface area contributed by atoms with Crippen LogP contribution in [0.4, 0.5) is 4.39 Å². The summed E-state index contributed by atoms with van der Waals surface area (Å²) < 4.78 is 18.3. The molecular weight excluding hydrogens is 335 g/mol. The van der Waals surface area contributed by atoms with Crippen molar-refractivity contribution in [2.75, 3.05) is 32.8 Å². The topological polar surface area (TPSA) is 49.9 Å². The third-order valence-electron chi connectivity index (χ3n) is 5.40. The van der Waals surface area contributed by atoms with Gasteiger partial charge in [-0.1, -0.05) is 25.7 Å². The molecule has 0 N–H and O–H groups in total. The molecule has 0 bridgehead atoms. The van der Waals surface area contributed by atoms with Crippen molar-refractivity contribution in [2.24, 2.45) is 5.92 Å². The average Bonchev–Trinajstić information content (AvgIpc) is 3.19. The fraction of sp³-hybridized carbons (Fsp3) is 0.600. The number of carbonyl (C=O) groups excluding carboxylic acids is 2. The summed E-state index contributed by atoms with van der Waals surface area (Å²) in [6, 6.07) is 5.61. The molecule has 1 saturated carbocycles. The Labute approximate surface area is 154 Å². The van der Waals surface area contributed by atoms with Gasteiger partial charge in [-0.2, -0.15) is 0 Å². The molecule has 0 atom stereocenters. The third kappa shape index (κ3) is 5.19. The largest absolute Gasteiger partial charge is 0.484 e. The summed E-state index contributed by atoms with van der Waals surface area (Å²) in [4.78, 5) is 28.2. The quantitative estimate of drug-likeness (QED) is 0.782. The highest BCUT2D eigenvalue weighted by Crippen LogP contribution is 2.28. The van der Waals surface area contributed by atoms with E-state index >= 15 is 0 Å². The fourth-order valence-corrected chi connectivity index (χ4v) is 3.76. The number of halogens is 1. The number of benzene rings is 1. The van der Waals surface area contributed by atoms with Crippen LogP contribution in [0, 0.1) is 11.7 Å². The van der Waals surface area contributed by atoms with E-state index in [1.807, 2.05) is 4.90 Å². The van der Waals surface area contributed by atoms with Crippen molar-refractivity contribution in [2.45, 2.75) is 38.5 Å². The SMILES string of the molecule is O=C(CCC1CCCC1)N1CCN(C(=O)COc2ccc(F)cc2)CC1. The number of piperazine rings is 1. The Hall–Kier alpha value is -2.11. The third-order valence-corrected chi connectivity index (χ3v) is 5.40. The zero-order chi connectivity index (χ0) is 18.4. The molecule has 0 spiro atoms. The Balaban J connectivity index is 1.36. The van der Waals surface area contributed by atoms with E-state index in [1.54, 1.807) is 4.90 Å². The maximum absolute atomic E-state index is 12.9. The predicted octanol–water partition coefficient (Wildman–Crippen LogP) is 2.85. The smallest absolute Gasteiger partial charge is 0.260 e. The van der Waals surface area contributed by atoms with E-state index in [2.05, 4.69) is 0 Å². The van der Waals surface area contributed by atoms with Crippen LogP contribution < -0.4 is 4.74 Å². The molecule has 1 aromatic carbocycles. The van der Waals surface area contributed by atoms with Gasteiger partial charge in [0, 0.05) is 32.6 Å². The van der Waals surface area contributed by atoms with E-state index in [-0.39, 0.29) is 24.2 Å². The van der Waals surface area contributed by atoms with Crippen molar-refractivity contribution < 1.29 is 18.7 Å². The molecule has 26 heavy (non-hydrogen) atoms. The maximum atomic E-state index is 12.9. The number of carbonyl (C=O) groups is 2. The molecule has 1 aliphatic carbocycles. The van der Waals surface area contributed by atoms with Crippen molar-refractivity contribution >= 4 is 11.8 Å². The molecule has 1 saturated heterocycles. The molecule has 1 heterocycles. The molecular formula is C20H27FN2O3. The van der Waals surface area contributed by atoms with Crippen molar-refractivity contribution in [3.8, 4) is 5.75 Å². The molecule has 0 unspecified atom stereocenters. The second-order valence-electron chi connectivity index (χ2n) is 7.19. The molecule has 0 aromatic heterocycles. The van der Waals surface area contributed by atoms with Crippen LogP contribution in [0.3, 0.4) is 0 Å². The van der Waals surface area contributed by atoms with Crippen LogP contribution in [0.15, 0.2) is 24.3 Å². The van der Waals surface area contributed by atoms with E-state index in [0.29, 0.717) is 38.3 Å². The molecule has 2 amide bonds. The van der Waals surface area contributed by atoms with Crippen molar-refractivity contribution in [1.82, 2.24) is 9.80 Å². The van der Waals surface area contributed by atoms with Gasteiger partial charge in [-0.25, -0.2) is 4.39 Å². The lowest BCUT2D eigenvalue weighted by molar-refractivity contribution is -0.140. The average molecular weight is 362 g/mol. The highest BCUT2D eigenvalue weighted by atomic mass is 19.1. The van der Waals surface area contributed by atoms with E-state index in [1.165, 1.54) is 49.9 Å². The Bertz CT molecular complexity index is 606. The number of rotatable bonds is 6. The Morgan fingerprint density at radius 2 is 1.54 bits per heavy atom. The number of hydrogen-bond donors (Lipinski definition) is 0. The maximum Gasteiger partial charge on any atom is 0.260 e.